The molecule has 2 unspecified atom stereocenters. The van der Waals surface area contributed by atoms with Crippen molar-refractivity contribution in [2.24, 2.45) is 5.92 Å². The van der Waals surface area contributed by atoms with Gasteiger partial charge in [-0.1, -0.05) is 24.6 Å². The average molecular weight is 261 g/mol. The van der Waals surface area contributed by atoms with Crippen LogP contribution in [-0.4, -0.2) is 51.2 Å². The van der Waals surface area contributed by atoms with Crippen LogP contribution in [0.2, 0.25) is 0 Å². The Kier molecular flexibility index (Phi) is 4.83. The highest BCUT2D eigenvalue weighted by atomic mass is 15.3. The lowest BCUT2D eigenvalue weighted by molar-refractivity contribution is 0.302. The third-order valence-electron chi connectivity index (χ3n) is 3.90. The Hall–Kier alpha value is -1.06. The van der Waals surface area contributed by atoms with E-state index in [1.54, 1.807) is 0 Å². The van der Waals surface area contributed by atoms with Crippen LogP contribution in [0.5, 0.6) is 0 Å². The minimum atomic E-state index is 0.544. The Balaban J connectivity index is 2.23. The molecule has 0 aliphatic carbocycles. The van der Waals surface area contributed by atoms with Crippen molar-refractivity contribution in [1.82, 2.24) is 10.2 Å². The highest BCUT2D eigenvalue weighted by Gasteiger charge is 2.26. The van der Waals surface area contributed by atoms with Crippen LogP contribution in [0.1, 0.15) is 12.5 Å². The molecule has 0 radical (unpaired) electrons. The molecule has 0 saturated carbocycles. The van der Waals surface area contributed by atoms with Gasteiger partial charge in [-0.15, -0.1) is 0 Å². The quantitative estimate of drug-likeness (QED) is 0.897. The fourth-order valence-electron chi connectivity index (χ4n) is 3.07. The summed E-state index contributed by atoms with van der Waals surface area (Å²) in [5.41, 5.74) is 2.68. The van der Waals surface area contributed by atoms with Gasteiger partial charge in [0.15, 0.2) is 0 Å². The molecule has 1 fully saturated rings. The lowest BCUT2D eigenvalue weighted by Gasteiger charge is -2.33. The maximum absolute atomic E-state index is 3.34. The third kappa shape index (κ3) is 3.71. The van der Waals surface area contributed by atoms with Gasteiger partial charge in [0, 0.05) is 31.9 Å². The van der Waals surface area contributed by atoms with E-state index in [1.165, 1.54) is 17.8 Å². The van der Waals surface area contributed by atoms with Crippen LogP contribution in [0.4, 0.5) is 5.69 Å². The molecule has 2 rings (SSSR count). The van der Waals surface area contributed by atoms with E-state index in [-0.39, 0.29) is 0 Å². The van der Waals surface area contributed by atoms with Gasteiger partial charge in [0.2, 0.25) is 0 Å². The first kappa shape index (κ1) is 14.4. The smallest absolute Gasteiger partial charge is 0.0541 e. The molecule has 1 saturated heterocycles. The SMILES string of the molecule is CNCC1CN(C)CC(C)CN1c1ccc(C)cc1. The van der Waals surface area contributed by atoms with Crippen molar-refractivity contribution in [3.63, 3.8) is 0 Å². The first-order valence-corrected chi connectivity index (χ1v) is 7.26. The maximum atomic E-state index is 3.34. The van der Waals surface area contributed by atoms with Gasteiger partial charge >= 0.3 is 0 Å². The number of likely N-dealkylation sites (N-methyl/N-ethyl adjacent to an activating group) is 2. The summed E-state index contributed by atoms with van der Waals surface area (Å²) in [5.74, 6) is 0.702. The normalized spacial score (nSPS) is 25.4. The van der Waals surface area contributed by atoms with Crippen molar-refractivity contribution in [3.05, 3.63) is 29.8 Å². The Labute approximate surface area is 117 Å². The minimum absolute atomic E-state index is 0.544. The Bertz CT molecular complexity index is 387. The molecular weight excluding hydrogens is 234 g/mol. The second-order valence-electron chi connectivity index (χ2n) is 6.03. The van der Waals surface area contributed by atoms with Crippen LogP contribution in [0.15, 0.2) is 24.3 Å². The van der Waals surface area contributed by atoms with Gasteiger partial charge in [-0.3, -0.25) is 0 Å². The molecule has 1 aromatic rings. The van der Waals surface area contributed by atoms with Crippen molar-refractivity contribution in [3.8, 4) is 0 Å². The van der Waals surface area contributed by atoms with Crippen LogP contribution in [0, 0.1) is 12.8 Å². The van der Waals surface area contributed by atoms with Crippen molar-refractivity contribution in [2.45, 2.75) is 19.9 Å². The number of nitrogens with zero attached hydrogens (tertiary/aromatic N) is 2. The highest BCUT2D eigenvalue weighted by molar-refractivity contribution is 5.49. The van der Waals surface area contributed by atoms with E-state index in [1.807, 2.05) is 7.05 Å². The summed E-state index contributed by atoms with van der Waals surface area (Å²) in [5, 5.41) is 3.34. The lowest BCUT2D eigenvalue weighted by atomic mass is 10.1. The van der Waals surface area contributed by atoms with Crippen molar-refractivity contribution >= 4 is 5.69 Å². The minimum Gasteiger partial charge on any atom is -0.366 e. The van der Waals surface area contributed by atoms with Gasteiger partial charge < -0.3 is 15.1 Å². The van der Waals surface area contributed by atoms with Gasteiger partial charge in [-0.2, -0.15) is 0 Å². The fraction of sp³-hybridized carbons (Fsp3) is 0.625. The van der Waals surface area contributed by atoms with E-state index in [4.69, 9.17) is 0 Å². The number of anilines is 1. The predicted octanol–water partition coefficient (Wildman–Crippen LogP) is 1.97. The molecule has 1 aliphatic heterocycles. The molecule has 0 aromatic heterocycles. The maximum Gasteiger partial charge on any atom is 0.0541 e. The molecule has 0 bridgehead atoms. The monoisotopic (exact) mass is 261 g/mol. The Morgan fingerprint density at radius 1 is 1.16 bits per heavy atom. The van der Waals surface area contributed by atoms with E-state index in [0.717, 1.165) is 19.6 Å². The molecule has 0 amide bonds. The fourth-order valence-corrected chi connectivity index (χ4v) is 3.07. The van der Waals surface area contributed by atoms with E-state index >= 15 is 0 Å². The second kappa shape index (κ2) is 6.40. The molecule has 19 heavy (non-hydrogen) atoms. The molecule has 0 spiro atoms. The number of hydrogen-bond donors (Lipinski definition) is 1. The van der Waals surface area contributed by atoms with Gasteiger partial charge in [-0.25, -0.2) is 0 Å². The number of rotatable bonds is 3. The van der Waals surface area contributed by atoms with Crippen LogP contribution >= 0.6 is 0 Å². The number of benzene rings is 1. The molecule has 1 heterocycles. The molecule has 1 aromatic carbocycles. The van der Waals surface area contributed by atoms with Crippen LogP contribution in [0.3, 0.4) is 0 Å². The summed E-state index contributed by atoms with van der Waals surface area (Å²) in [4.78, 5) is 5.03. The standard InChI is InChI=1S/C16H27N3/c1-13-5-7-15(8-6-13)19-11-14(2)10-18(4)12-16(19)9-17-3/h5-8,14,16-17H,9-12H2,1-4H3. The second-order valence-corrected chi connectivity index (χ2v) is 6.03. The average Bonchev–Trinajstić information content (AvgIpc) is 2.49. The van der Waals surface area contributed by atoms with Gasteiger partial charge in [0.05, 0.1) is 6.04 Å². The number of hydrogen-bond acceptors (Lipinski definition) is 3. The van der Waals surface area contributed by atoms with Gasteiger partial charge in [0.1, 0.15) is 0 Å². The summed E-state index contributed by atoms with van der Waals surface area (Å²) in [6, 6.07) is 9.49. The molecular formula is C16H27N3. The van der Waals surface area contributed by atoms with Gasteiger partial charge in [0.25, 0.3) is 0 Å². The topological polar surface area (TPSA) is 18.5 Å². The molecule has 2 atom stereocenters. The molecule has 1 aliphatic rings. The zero-order valence-electron chi connectivity index (χ0n) is 12.7. The van der Waals surface area contributed by atoms with E-state index < -0.39 is 0 Å². The number of nitrogens with one attached hydrogen (secondary N) is 1. The predicted molar refractivity (Wildman–Crippen MR) is 82.9 cm³/mol. The largest absolute Gasteiger partial charge is 0.366 e. The molecule has 3 heteroatoms. The first-order chi connectivity index (χ1) is 9.10. The van der Waals surface area contributed by atoms with Crippen molar-refractivity contribution in [2.75, 3.05) is 45.2 Å². The van der Waals surface area contributed by atoms with E-state index in [9.17, 15) is 0 Å². The zero-order valence-corrected chi connectivity index (χ0v) is 12.7. The summed E-state index contributed by atoms with van der Waals surface area (Å²) < 4.78 is 0. The summed E-state index contributed by atoms with van der Waals surface area (Å²) in [7, 11) is 4.28. The highest BCUT2D eigenvalue weighted by Crippen LogP contribution is 2.22. The van der Waals surface area contributed by atoms with Gasteiger partial charge in [-0.05, 0) is 39.1 Å². The third-order valence-corrected chi connectivity index (χ3v) is 3.90. The van der Waals surface area contributed by atoms with E-state index in [2.05, 4.69) is 60.3 Å². The summed E-state index contributed by atoms with van der Waals surface area (Å²) >= 11 is 0. The van der Waals surface area contributed by atoms with E-state index in [0.29, 0.717) is 12.0 Å². The lowest BCUT2D eigenvalue weighted by Crippen LogP contribution is -2.46. The Morgan fingerprint density at radius 2 is 1.84 bits per heavy atom. The first-order valence-electron chi connectivity index (χ1n) is 7.26. The molecule has 1 N–H and O–H groups in total. The number of aryl methyl sites for hydroxylation is 1. The molecule has 106 valence electrons. The van der Waals surface area contributed by atoms with Crippen LogP contribution in [0.25, 0.3) is 0 Å². The summed E-state index contributed by atoms with van der Waals surface area (Å²) in [6.45, 7) is 8.97. The Morgan fingerprint density at radius 3 is 2.47 bits per heavy atom. The van der Waals surface area contributed by atoms with Crippen LogP contribution in [-0.2, 0) is 0 Å². The van der Waals surface area contributed by atoms with Crippen molar-refractivity contribution in [1.29, 1.82) is 0 Å². The summed E-state index contributed by atoms with van der Waals surface area (Å²) in [6.07, 6.45) is 0. The zero-order chi connectivity index (χ0) is 13.8. The molecule has 3 nitrogen and oxygen atoms in total. The van der Waals surface area contributed by atoms with Crippen molar-refractivity contribution < 1.29 is 0 Å². The van der Waals surface area contributed by atoms with Crippen LogP contribution < -0.4 is 10.2 Å².